The van der Waals surface area contributed by atoms with E-state index in [-0.39, 0.29) is 12.1 Å². The number of likely N-dealkylation sites (tertiary alicyclic amines) is 1. The Morgan fingerprint density at radius 3 is 2.80 bits per heavy atom. The molecule has 2 rings (SSSR count). The number of nitrogens with zero attached hydrogens (tertiary/aromatic N) is 2. The molecule has 1 atom stereocenters. The molecule has 0 bridgehead atoms. The number of primary amides is 1. The van der Waals surface area contributed by atoms with E-state index in [1.165, 1.54) is 0 Å². The third-order valence-electron chi connectivity index (χ3n) is 2.88. The second-order valence-electron chi connectivity index (χ2n) is 3.82. The van der Waals surface area contributed by atoms with Crippen LogP contribution in [-0.4, -0.2) is 22.5 Å². The van der Waals surface area contributed by atoms with E-state index < -0.39 is 0 Å². The second kappa shape index (κ2) is 4.29. The highest BCUT2D eigenvalue weighted by atomic mass is 16.2. The molecule has 0 aliphatic carbocycles. The molecule has 0 saturated carbocycles. The molecule has 1 saturated heterocycles. The van der Waals surface area contributed by atoms with Crippen LogP contribution in [0.3, 0.4) is 0 Å². The molecule has 1 aliphatic rings. The molecule has 80 valence electrons. The summed E-state index contributed by atoms with van der Waals surface area (Å²) in [7, 11) is 0. The van der Waals surface area contributed by atoms with Gasteiger partial charge in [-0.05, 0) is 37.0 Å². The predicted octanol–water partition coefficient (Wildman–Crippen LogP) is 1.69. The van der Waals surface area contributed by atoms with E-state index in [1.54, 1.807) is 17.3 Å². The fourth-order valence-corrected chi connectivity index (χ4v) is 2.13. The van der Waals surface area contributed by atoms with Gasteiger partial charge in [-0.25, -0.2) is 4.79 Å². The van der Waals surface area contributed by atoms with Crippen LogP contribution in [0.15, 0.2) is 24.5 Å². The van der Waals surface area contributed by atoms with Crippen LogP contribution in [0.25, 0.3) is 0 Å². The largest absolute Gasteiger partial charge is 0.351 e. The summed E-state index contributed by atoms with van der Waals surface area (Å²) >= 11 is 0. The first-order valence-corrected chi connectivity index (χ1v) is 5.25. The first-order valence-electron chi connectivity index (χ1n) is 5.25. The summed E-state index contributed by atoms with van der Waals surface area (Å²) in [6.07, 6.45) is 6.69. The molecule has 2 N–H and O–H groups in total. The summed E-state index contributed by atoms with van der Waals surface area (Å²) in [4.78, 5) is 17.0. The van der Waals surface area contributed by atoms with Crippen molar-refractivity contribution in [3.63, 3.8) is 0 Å². The van der Waals surface area contributed by atoms with Crippen LogP contribution >= 0.6 is 0 Å². The molecule has 0 spiro atoms. The van der Waals surface area contributed by atoms with E-state index in [0.29, 0.717) is 0 Å². The SMILES string of the molecule is NC(=O)N1CCCCC1c1ccncc1. The molecule has 1 unspecified atom stereocenters. The van der Waals surface area contributed by atoms with Crippen LogP contribution in [0.5, 0.6) is 0 Å². The zero-order valence-corrected chi connectivity index (χ0v) is 8.60. The topological polar surface area (TPSA) is 59.2 Å². The highest BCUT2D eigenvalue weighted by Gasteiger charge is 2.25. The van der Waals surface area contributed by atoms with E-state index in [1.807, 2.05) is 12.1 Å². The number of nitrogens with two attached hydrogens (primary N) is 1. The van der Waals surface area contributed by atoms with Crippen LogP contribution in [-0.2, 0) is 0 Å². The molecule has 4 heteroatoms. The number of piperidine rings is 1. The van der Waals surface area contributed by atoms with Crippen molar-refractivity contribution in [1.29, 1.82) is 0 Å². The Hall–Kier alpha value is -1.58. The fraction of sp³-hybridized carbons (Fsp3) is 0.455. The van der Waals surface area contributed by atoms with Crippen molar-refractivity contribution in [3.05, 3.63) is 30.1 Å². The van der Waals surface area contributed by atoms with Gasteiger partial charge >= 0.3 is 6.03 Å². The quantitative estimate of drug-likeness (QED) is 0.758. The lowest BCUT2D eigenvalue weighted by Gasteiger charge is -2.34. The van der Waals surface area contributed by atoms with Crippen LogP contribution in [0.1, 0.15) is 30.9 Å². The maximum absolute atomic E-state index is 11.3. The molecule has 15 heavy (non-hydrogen) atoms. The van der Waals surface area contributed by atoms with Gasteiger partial charge < -0.3 is 10.6 Å². The summed E-state index contributed by atoms with van der Waals surface area (Å²) in [5.41, 5.74) is 6.49. The van der Waals surface area contributed by atoms with Crippen LogP contribution < -0.4 is 5.73 Å². The van der Waals surface area contributed by atoms with Crippen LogP contribution in [0.4, 0.5) is 4.79 Å². The van der Waals surface area contributed by atoms with Crippen molar-refractivity contribution >= 4 is 6.03 Å². The predicted molar refractivity (Wildman–Crippen MR) is 57.1 cm³/mol. The van der Waals surface area contributed by atoms with Gasteiger partial charge in [0.2, 0.25) is 0 Å². The molecule has 0 aromatic carbocycles. The number of urea groups is 1. The minimum atomic E-state index is -0.323. The number of rotatable bonds is 1. The normalized spacial score (nSPS) is 21.3. The average Bonchev–Trinajstić information content (AvgIpc) is 2.30. The summed E-state index contributed by atoms with van der Waals surface area (Å²) in [6, 6.07) is 3.72. The van der Waals surface area contributed by atoms with Crippen LogP contribution in [0.2, 0.25) is 0 Å². The van der Waals surface area contributed by atoms with Gasteiger partial charge in [-0.15, -0.1) is 0 Å². The van der Waals surface area contributed by atoms with E-state index in [2.05, 4.69) is 4.98 Å². The molecule has 1 aliphatic heterocycles. The van der Waals surface area contributed by atoms with Gasteiger partial charge in [-0.1, -0.05) is 0 Å². The number of hydrogen-bond acceptors (Lipinski definition) is 2. The summed E-state index contributed by atoms with van der Waals surface area (Å²) < 4.78 is 0. The summed E-state index contributed by atoms with van der Waals surface area (Å²) in [6.45, 7) is 0.766. The molecule has 0 radical (unpaired) electrons. The third-order valence-corrected chi connectivity index (χ3v) is 2.88. The lowest BCUT2D eigenvalue weighted by molar-refractivity contribution is 0.160. The molecule has 2 heterocycles. The Bertz CT molecular complexity index is 339. The van der Waals surface area contributed by atoms with Crippen molar-refractivity contribution in [2.75, 3.05) is 6.54 Å². The number of amides is 2. The Morgan fingerprint density at radius 1 is 1.40 bits per heavy atom. The maximum Gasteiger partial charge on any atom is 0.315 e. The van der Waals surface area contributed by atoms with E-state index >= 15 is 0 Å². The summed E-state index contributed by atoms with van der Waals surface area (Å²) in [5, 5.41) is 0. The van der Waals surface area contributed by atoms with Gasteiger partial charge in [-0.3, -0.25) is 4.98 Å². The molecule has 2 amide bonds. The lowest BCUT2D eigenvalue weighted by atomic mass is 9.96. The Kier molecular flexibility index (Phi) is 2.85. The highest BCUT2D eigenvalue weighted by Crippen LogP contribution is 2.29. The minimum Gasteiger partial charge on any atom is -0.351 e. The van der Waals surface area contributed by atoms with Crippen molar-refractivity contribution in [2.24, 2.45) is 5.73 Å². The molecular formula is C11H15N3O. The zero-order valence-electron chi connectivity index (χ0n) is 8.60. The van der Waals surface area contributed by atoms with Gasteiger partial charge in [0.05, 0.1) is 6.04 Å². The first kappa shape index (κ1) is 9.96. The number of pyridine rings is 1. The number of aromatic nitrogens is 1. The van der Waals surface area contributed by atoms with Crippen molar-refractivity contribution < 1.29 is 4.79 Å². The smallest absolute Gasteiger partial charge is 0.315 e. The standard InChI is InChI=1S/C11H15N3O/c12-11(15)14-8-2-1-3-10(14)9-4-6-13-7-5-9/h4-7,10H,1-3,8H2,(H2,12,15). The Labute approximate surface area is 89.1 Å². The van der Waals surface area contributed by atoms with Gasteiger partial charge in [0, 0.05) is 18.9 Å². The number of hydrogen-bond donors (Lipinski definition) is 1. The lowest BCUT2D eigenvalue weighted by Crippen LogP contribution is -2.41. The molecule has 4 nitrogen and oxygen atoms in total. The highest BCUT2D eigenvalue weighted by molar-refractivity contribution is 5.72. The number of carbonyl (C=O) groups excluding carboxylic acids is 1. The minimum absolute atomic E-state index is 0.138. The van der Waals surface area contributed by atoms with E-state index in [9.17, 15) is 4.79 Å². The van der Waals surface area contributed by atoms with Gasteiger partial charge in [-0.2, -0.15) is 0 Å². The second-order valence-corrected chi connectivity index (χ2v) is 3.82. The van der Waals surface area contributed by atoms with Crippen LogP contribution in [0, 0.1) is 0 Å². The fourth-order valence-electron chi connectivity index (χ4n) is 2.13. The van der Waals surface area contributed by atoms with Gasteiger partial charge in [0.15, 0.2) is 0 Å². The maximum atomic E-state index is 11.3. The Morgan fingerprint density at radius 2 is 2.13 bits per heavy atom. The molecular weight excluding hydrogens is 190 g/mol. The van der Waals surface area contributed by atoms with E-state index in [0.717, 1.165) is 31.4 Å². The first-order chi connectivity index (χ1) is 7.29. The molecule has 1 aromatic rings. The zero-order chi connectivity index (χ0) is 10.7. The summed E-state index contributed by atoms with van der Waals surface area (Å²) in [5.74, 6) is 0. The monoisotopic (exact) mass is 205 g/mol. The van der Waals surface area contributed by atoms with Gasteiger partial charge in [0.1, 0.15) is 0 Å². The Balaban J connectivity index is 2.22. The van der Waals surface area contributed by atoms with Crippen molar-refractivity contribution in [2.45, 2.75) is 25.3 Å². The molecule has 1 aromatic heterocycles. The molecule has 1 fully saturated rings. The van der Waals surface area contributed by atoms with Gasteiger partial charge in [0.25, 0.3) is 0 Å². The number of carbonyl (C=O) groups is 1. The third kappa shape index (κ3) is 2.09. The van der Waals surface area contributed by atoms with E-state index in [4.69, 9.17) is 5.73 Å². The average molecular weight is 205 g/mol. The van der Waals surface area contributed by atoms with Crippen molar-refractivity contribution in [3.8, 4) is 0 Å². The van der Waals surface area contributed by atoms with Crippen molar-refractivity contribution in [1.82, 2.24) is 9.88 Å².